The van der Waals surface area contributed by atoms with Crippen LogP contribution in [0.5, 0.6) is 0 Å². The minimum absolute atomic E-state index is 0.0194. The highest BCUT2D eigenvalue weighted by molar-refractivity contribution is 7.92. The lowest BCUT2D eigenvalue weighted by atomic mass is 9.94. The molecule has 0 saturated carbocycles. The summed E-state index contributed by atoms with van der Waals surface area (Å²) in [5.74, 6) is 0.0523. The van der Waals surface area contributed by atoms with Crippen LogP contribution in [0.2, 0.25) is 0 Å². The van der Waals surface area contributed by atoms with E-state index in [-0.39, 0.29) is 5.75 Å². The van der Waals surface area contributed by atoms with Gasteiger partial charge in [-0.25, -0.2) is 18.4 Å². The lowest BCUT2D eigenvalue weighted by Gasteiger charge is -2.33. The number of fused-ring (bicyclic) bond motifs is 1. The van der Waals surface area contributed by atoms with Gasteiger partial charge >= 0.3 is 5.97 Å². The Morgan fingerprint density at radius 3 is 2.62 bits per heavy atom. The molecule has 0 bridgehead atoms. The maximum Gasteiger partial charge on any atom is 0.321 e. The number of H-pyrrole nitrogens is 1. The van der Waals surface area contributed by atoms with Gasteiger partial charge < -0.3 is 14.6 Å². The zero-order chi connectivity index (χ0) is 21.2. The summed E-state index contributed by atoms with van der Waals surface area (Å²) in [5.41, 5.74) is 1.28. The van der Waals surface area contributed by atoms with E-state index in [0.717, 1.165) is 48.3 Å². The molecule has 0 atom stereocenters. The summed E-state index contributed by atoms with van der Waals surface area (Å²) in [5, 5.41) is 1.05. The van der Waals surface area contributed by atoms with Gasteiger partial charge in [0, 0.05) is 19.3 Å². The van der Waals surface area contributed by atoms with Crippen LogP contribution in [0.15, 0.2) is 12.5 Å². The molecule has 160 valence electrons. The van der Waals surface area contributed by atoms with E-state index in [0.29, 0.717) is 12.3 Å². The highest BCUT2D eigenvalue weighted by atomic mass is 32.2. The average Bonchev–Trinajstić information content (AvgIpc) is 3.00. The Bertz CT molecular complexity index is 970. The molecule has 0 aliphatic carbocycles. The molecule has 3 rings (SSSR count). The van der Waals surface area contributed by atoms with Crippen molar-refractivity contribution in [1.29, 1.82) is 0 Å². The first-order chi connectivity index (χ1) is 13.5. The molecule has 1 N–H and O–H groups in total. The third-order valence-corrected chi connectivity index (χ3v) is 6.69. The maximum absolute atomic E-state index is 12.3. The van der Waals surface area contributed by atoms with Gasteiger partial charge in [-0.2, -0.15) is 0 Å². The standard InChI is InChI=1S/C20H30N4O4S/c1-14-11-21-18-17(14)19(23-13-22-18)24-8-5-15(6-9-24)7-10-29(26,27)12-16(25)28-20(2,3)4/h11,13,15H,5-10,12H2,1-4H3,(H,21,22,23). The number of nitrogens with one attached hydrogen (secondary N) is 1. The lowest BCUT2D eigenvalue weighted by molar-refractivity contribution is -0.151. The van der Waals surface area contributed by atoms with Gasteiger partial charge in [-0.3, -0.25) is 4.79 Å². The van der Waals surface area contributed by atoms with Gasteiger partial charge in [0.25, 0.3) is 0 Å². The van der Waals surface area contributed by atoms with Crippen molar-refractivity contribution in [2.75, 3.05) is 29.5 Å². The summed E-state index contributed by atoms with van der Waals surface area (Å²) < 4.78 is 29.7. The van der Waals surface area contributed by atoms with E-state index in [1.165, 1.54) is 0 Å². The van der Waals surface area contributed by atoms with Crippen molar-refractivity contribution in [1.82, 2.24) is 15.0 Å². The van der Waals surface area contributed by atoms with Crippen molar-refractivity contribution >= 4 is 32.7 Å². The van der Waals surface area contributed by atoms with Crippen molar-refractivity contribution < 1.29 is 17.9 Å². The first-order valence-corrected chi connectivity index (χ1v) is 11.8. The first-order valence-electron chi connectivity index (χ1n) is 10.00. The highest BCUT2D eigenvalue weighted by Gasteiger charge is 2.26. The number of rotatable bonds is 6. The van der Waals surface area contributed by atoms with Crippen molar-refractivity contribution in [3.63, 3.8) is 0 Å². The Hall–Kier alpha value is -2.16. The molecule has 3 heterocycles. The summed E-state index contributed by atoms with van der Waals surface area (Å²) in [6.45, 7) is 8.87. The normalized spacial score (nSPS) is 16.3. The molecule has 0 unspecified atom stereocenters. The van der Waals surface area contributed by atoms with Gasteiger partial charge in [0.2, 0.25) is 0 Å². The second-order valence-electron chi connectivity index (χ2n) is 8.79. The van der Waals surface area contributed by atoms with Gasteiger partial charge in [0.15, 0.2) is 9.84 Å². The van der Waals surface area contributed by atoms with Crippen molar-refractivity contribution in [3.8, 4) is 0 Å². The summed E-state index contributed by atoms with van der Waals surface area (Å²) in [4.78, 5) is 26.0. The number of hydrogen-bond acceptors (Lipinski definition) is 7. The number of nitrogens with zero attached hydrogens (tertiary/aromatic N) is 3. The van der Waals surface area contributed by atoms with Crippen LogP contribution in [0.4, 0.5) is 5.82 Å². The summed E-state index contributed by atoms with van der Waals surface area (Å²) in [6, 6.07) is 0. The molecule has 8 nitrogen and oxygen atoms in total. The minimum atomic E-state index is -3.46. The van der Waals surface area contributed by atoms with Crippen molar-refractivity contribution in [2.24, 2.45) is 5.92 Å². The molecule has 0 spiro atoms. The van der Waals surface area contributed by atoms with E-state index < -0.39 is 27.2 Å². The number of carbonyl (C=O) groups excluding carboxylic acids is 1. The van der Waals surface area contributed by atoms with E-state index in [9.17, 15) is 13.2 Å². The topological polar surface area (TPSA) is 105 Å². The van der Waals surface area contributed by atoms with Crippen LogP contribution in [0, 0.1) is 12.8 Å². The number of hydrogen-bond donors (Lipinski definition) is 1. The van der Waals surface area contributed by atoms with Gasteiger partial charge in [-0.1, -0.05) is 0 Å². The first kappa shape index (κ1) is 21.5. The molecule has 2 aromatic rings. The Morgan fingerprint density at radius 2 is 1.97 bits per heavy atom. The fraction of sp³-hybridized carbons (Fsp3) is 0.650. The Balaban J connectivity index is 1.52. The molecule has 29 heavy (non-hydrogen) atoms. The smallest absolute Gasteiger partial charge is 0.321 e. The van der Waals surface area contributed by atoms with Crippen LogP contribution in [0.25, 0.3) is 11.0 Å². The predicted octanol–water partition coefficient (Wildman–Crippen LogP) is 2.63. The van der Waals surface area contributed by atoms with E-state index >= 15 is 0 Å². The third kappa shape index (κ3) is 5.68. The fourth-order valence-corrected chi connectivity index (χ4v) is 4.99. The van der Waals surface area contributed by atoms with E-state index in [1.807, 2.05) is 13.1 Å². The minimum Gasteiger partial charge on any atom is -0.459 e. The van der Waals surface area contributed by atoms with Crippen molar-refractivity contribution in [3.05, 3.63) is 18.1 Å². The molecule has 1 fully saturated rings. The maximum atomic E-state index is 12.3. The number of esters is 1. The summed E-state index contributed by atoms with van der Waals surface area (Å²) >= 11 is 0. The number of carbonyl (C=O) groups is 1. The number of piperidine rings is 1. The molecule has 1 saturated heterocycles. The molecule has 9 heteroatoms. The molecule has 0 amide bonds. The second-order valence-corrected chi connectivity index (χ2v) is 11.0. The van der Waals surface area contributed by atoms with Crippen LogP contribution in [-0.4, -0.2) is 59.5 Å². The average molecular weight is 423 g/mol. The van der Waals surface area contributed by atoms with Crippen LogP contribution < -0.4 is 4.90 Å². The Kier molecular flexibility index (Phi) is 6.16. The SMILES string of the molecule is Cc1c[nH]c2ncnc(N3CCC(CCS(=O)(=O)CC(=O)OC(C)(C)C)CC3)c12. The van der Waals surface area contributed by atoms with Crippen LogP contribution >= 0.6 is 0 Å². The number of ether oxygens (including phenoxy) is 1. The zero-order valence-electron chi connectivity index (χ0n) is 17.6. The number of sulfone groups is 1. The molecule has 0 radical (unpaired) electrons. The molecule has 1 aliphatic rings. The summed E-state index contributed by atoms with van der Waals surface area (Å²) in [7, 11) is -3.46. The number of aryl methyl sites for hydroxylation is 1. The monoisotopic (exact) mass is 422 g/mol. The molecular weight excluding hydrogens is 392 g/mol. The molecule has 2 aromatic heterocycles. The quantitative estimate of drug-likeness (QED) is 0.713. The largest absolute Gasteiger partial charge is 0.459 e. The Morgan fingerprint density at radius 1 is 1.28 bits per heavy atom. The number of anilines is 1. The number of aromatic nitrogens is 3. The summed E-state index contributed by atoms with van der Waals surface area (Å²) in [6.07, 6.45) is 5.88. The van der Waals surface area contributed by atoms with E-state index in [1.54, 1.807) is 27.1 Å². The predicted molar refractivity (Wildman–Crippen MR) is 113 cm³/mol. The van der Waals surface area contributed by atoms with E-state index in [4.69, 9.17) is 4.74 Å². The second kappa shape index (κ2) is 8.30. The fourth-order valence-electron chi connectivity index (χ4n) is 3.74. The van der Waals surface area contributed by atoms with Gasteiger partial charge in [0.1, 0.15) is 29.1 Å². The van der Waals surface area contributed by atoms with Crippen LogP contribution in [0.3, 0.4) is 0 Å². The van der Waals surface area contributed by atoms with Crippen molar-refractivity contribution in [2.45, 2.75) is 52.6 Å². The van der Waals surface area contributed by atoms with Gasteiger partial charge in [0.05, 0.1) is 11.1 Å². The molecule has 1 aliphatic heterocycles. The highest BCUT2D eigenvalue weighted by Crippen LogP contribution is 2.30. The van der Waals surface area contributed by atoms with Crippen LogP contribution in [-0.2, 0) is 19.4 Å². The number of aromatic amines is 1. The van der Waals surface area contributed by atoms with Crippen LogP contribution in [0.1, 0.15) is 45.6 Å². The Labute approximate surface area is 172 Å². The molecular formula is C20H30N4O4S. The third-order valence-electron chi connectivity index (χ3n) is 5.16. The molecule has 0 aromatic carbocycles. The lowest BCUT2D eigenvalue weighted by Crippen LogP contribution is -2.35. The van der Waals surface area contributed by atoms with Gasteiger partial charge in [-0.15, -0.1) is 0 Å². The van der Waals surface area contributed by atoms with E-state index in [2.05, 4.69) is 19.9 Å². The van der Waals surface area contributed by atoms with Gasteiger partial charge in [-0.05, 0) is 58.4 Å². The zero-order valence-corrected chi connectivity index (χ0v) is 18.4.